The largest absolute Gasteiger partial charge is 0.571 e. The van der Waals surface area contributed by atoms with Crippen LogP contribution in [0.1, 0.15) is 18.4 Å². The maximum absolute atomic E-state index is 12.1. The Labute approximate surface area is 246 Å². The number of carboxylic acids is 2. The summed E-state index contributed by atoms with van der Waals surface area (Å²) in [6.07, 6.45) is -8.92. The van der Waals surface area contributed by atoms with Gasteiger partial charge in [0, 0.05) is 18.2 Å². The van der Waals surface area contributed by atoms with E-state index in [1.807, 2.05) is 0 Å². The first-order valence-electron chi connectivity index (χ1n) is 12.7. The van der Waals surface area contributed by atoms with Gasteiger partial charge in [0.1, 0.15) is 43.2 Å². The smallest absolute Gasteiger partial charge is 0.317 e. The maximum Gasteiger partial charge on any atom is 0.317 e. The third kappa shape index (κ3) is 7.20. The van der Waals surface area contributed by atoms with Gasteiger partial charge in [-0.2, -0.15) is 0 Å². The summed E-state index contributed by atoms with van der Waals surface area (Å²) in [4.78, 5) is 45.7. The van der Waals surface area contributed by atoms with E-state index in [2.05, 4.69) is 4.74 Å². The topological polar surface area (TPSA) is 280 Å². The molecule has 6 atom stereocenters. The van der Waals surface area contributed by atoms with Crippen LogP contribution in [0.25, 0.3) is 5.76 Å². The van der Waals surface area contributed by atoms with Crippen molar-refractivity contribution < 1.29 is 83.7 Å². The fraction of sp³-hybridized carbons (Fsp3) is 0.333. The number of aliphatic hydroxyl groups is 6. The van der Waals surface area contributed by atoms with E-state index >= 15 is 0 Å². The number of esters is 2. The van der Waals surface area contributed by atoms with Gasteiger partial charge in [0.2, 0.25) is 18.2 Å². The highest BCUT2D eigenvalue weighted by molar-refractivity contribution is 5.90. The zero-order valence-electron chi connectivity index (χ0n) is 22.3. The quantitative estimate of drug-likeness (QED) is 0.0697. The molecule has 1 saturated heterocycles. The molecule has 3 aliphatic rings. The number of aromatic hydroxyl groups is 2. The minimum absolute atomic E-state index is 0.0569. The normalized spacial score (nSPS) is 26.2. The van der Waals surface area contributed by atoms with Gasteiger partial charge in [0.05, 0.1) is 17.2 Å². The third-order valence-electron chi connectivity index (χ3n) is 6.42. The molecule has 1 aromatic rings. The molecule has 17 nitrogen and oxygen atoms in total. The molecule has 0 amide bonds. The molecule has 0 radical (unpaired) electrons. The number of phenolic OH excluding ortho intramolecular Hbond substituents is 2. The average Bonchev–Trinajstić information content (AvgIpc) is 2.92. The highest BCUT2D eigenvalue weighted by Gasteiger charge is 2.49. The number of ether oxygens (including phenoxy) is 5. The number of aliphatic hydroxyl groups excluding tert-OH is 4. The number of carbonyl (C=O) groups excluding carboxylic acids is 2. The van der Waals surface area contributed by atoms with Gasteiger partial charge in [-0.25, -0.2) is 0 Å². The van der Waals surface area contributed by atoms with E-state index in [9.17, 15) is 49.8 Å². The molecule has 2 heterocycles. The van der Waals surface area contributed by atoms with Crippen LogP contribution in [0, 0.1) is 0 Å². The van der Waals surface area contributed by atoms with E-state index in [4.69, 9.17) is 29.2 Å². The van der Waals surface area contributed by atoms with Gasteiger partial charge in [0.15, 0.2) is 23.7 Å². The second kappa shape index (κ2) is 12.9. The number of phenols is 2. The van der Waals surface area contributed by atoms with Crippen molar-refractivity contribution in [3.05, 3.63) is 64.8 Å². The summed E-state index contributed by atoms with van der Waals surface area (Å²) >= 11 is 0. The Bertz CT molecular complexity index is 1470. The number of rotatable bonds is 10. The Kier molecular flexibility index (Phi) is 9.32. The predicted octanol–water partition coefficient (Wildman–Crippen LogP) is -0.632. The predicted molar refractivity (Wildman–Crippen MR) is 139 cm³/mol. The summed E-state index contributed by atoms with van der Waals surface area (Å²) in [5.41, 5.74) is 0.250. The molecule has 9 N–H and O–H groups in total. The summed E-state index contributed by atoms with van der Waals surface area (Å²) in [5.74, 6) is -7.68. The van der Waals surface area contributed by atoms with Crippen LogP contribution in [0.2, 0.25) is 0 Å². The van der Waals surface area contributed by atoms with Crippen LogP contribution < -0.4 is 0 Å². The molecular weight excluding hydrogens is 596 g/mol. The van der Waals surface area contributed by atoms with Crippen LogP contribution in [0.5, 0.6) is 11.5 Å². The fourth-order valence-electron chi connectivity index (χ4n) is 4.40. The van der Waals surface area contributed by atoms with Gasteiger partial charge in [-0.3, -0.25) is 19.2 Å². The highest BCUT2D eigenvalue weighted by atomic mass is 16.7. The lowest BCUT2D eigenvalue weighted by Gasteiger charge is -2.41. The van der Waals surface area contributed by atoms with Crippen molar-refractivity contribution in [1.29, 1.82) is 0 Å². The summed E-state index contributed by atoms with van der Waals surface area (Å²) in [6.45, 7) is -0.814. The van der Waals surface area contributed by atoms with Gasteiger partial charge in [-0.15, -0.1) is 0 Å². The van der Waals surface area contributed by atoms with Gasteiger partial charge >= 0.3 is 29.6 Å². The zero-order valence-corrected chi connectivity index (χ0v) is 22.3. The van der Waals surface area contributed by atoms with Crippen molar-refractivity contribution in [3.63, 3.8) is 0 Å². The summed E-state index contributed by atoms with van der Waals surface area (Å²) < 4.78 is 25.7. The van der Waals surface area contributed by atoms with Crippen LogP contribution in [-0.4, -0.2) is 113 Å². The molecule has 17 heteroatoms. The Morgan fingerprint density at radius 3 is 2.23 bits per heavy atom. The number of aliphatic carboxylic acids is 2. The van der Waals surface area contributed by atoms with Gasteiger partial charge < -0.3 is 64.5 Å². The van der Waals surface area contributed by atoms with E-state index in [1.54, 1.807) is 0 Å². The SMILES string of the molecule is O=C(O)CC(=O)OCC1OC(OC2=C(c3ccc(O)c(O)c3)[OH+]C3C=C(O)C=C(O)C3=C2)C(O)C(OC(=O)CC(=O)O)C1O. The van der Waals surface area contributed by atoms with Crippen LogP contribution in [0.4, 0.5) is 0 Å². The Morgan fingerprint density at radius 1 is 0.886 bits per heavy atom. The lowest BCUT2D eigenvalue weighted by Crippen LogP contribution is -2.60. The number of hydrogen-bond acceptors (Lipinski definition) is 14. The first-order chi connectivity index (χ1) is 20.7. The van der Waals surface area contributed by atoms with Crippen molar-refractivity contribution in [3.8, 4) is 11.5 Å². The van der Waals surface area contributed by atoms with Crippen LogP contribution in [-0.2, 0) is 38.1 Å². The minimum Gasteiger partial charge on any atom is -0.571 e. The Morgan fingerprint density at radius 2 is 1.57 bits per heavy atom. The van der Waals surface area contributed by atoms with E-state index < -0.39 is 97.4 Å². The molecule has 1 aliphatic carbocycles. The molecule has 0 bridgehead atoms. The van der Waals surface area contributed by atoms with Crippen LogP contribution in [0.3, 0.4) is 0 Å². The highest BCUT2D eigenvalue weighted by Crippen LogP contribution is 2.38. The molecule has 0 spiro atoms. The maximum atomic E-state index is 12.1. The van der Waals surface area contributed by atoms with Crippen LogP contribution in [0.15, 0.2) is 59.3 Å². The number of allylic oxidation sites excluding steroid dienone is 2. The fourth-order valence-corrected chi connectivity index (χ4v) is 4.40. The lowest BCUT2D eigenvalue weighted by molar-refractivity contribution is -0.294. The summed E-state index contributed by atoms with van der Waals surface area (Å²) in [5, 5.41) is 79.7. The number of carbonyl (C=O) groups is 4. The average molecular weight is 623 g/mol. The van der Waals surface area contributed by atoms with Crippen molar-refractivity contribution in [1.82, 2.24) is 0 Å². The molecule has 0 saturated carbocycles. The van der Waals surface area contributed by atoms with Crippen molar-refractivity contribution in [2.24, 2.45) is 0 Å². The standard InChI is InChI=1S/C27H26O17/c28-11-4-14(30)12-6-17(25(41-16(12)5-11)10-1-2-13(29)15(31)3-10)42-27-24(39)26(44-22(37)8-20(34)35)23(38)18(43-27)9-40-21(36)7-19(32)33/h1-6,16,18,23-24,26-31,38-39H,7-9H2,(H,32,33)(H,34,35)/p+1. The molecule has 2 aliphatic heterocycles. The van der Waals surface area contributed by atoms with Crippen molar-refractivity contribution in [2.75, 3.05) is 6.61 Å². The number of hydrogen-bond donors (Lipinski definition) is 8. The molecule has 6 unspecified atom stereocenters. The van der Waals surface area contributed by atoms with E-state index in [1.165, 1.54) is 18.2 Å². The molecule has 236 valence electrons. The zero-order chi connectivity index (χ0) is 32.3. The van der Waals surface area contributed by atoms with Gasteiger partial charge in [-0.1, -0.05) is 0 Å². The minimum atomic E-state index is -2.02. The second-order valence-corrected chi connectivity index (χ2v) is 9.63. The Balaban J connectivity index is 1.70. The second-order valence-electron chi connectivity index (χ2n) is 9.63. The first kappa shape index (κ1) is 31.7. The molecule has 1 aromatic carbocycles. The first-order valence-corrected chi connectivity index (χ1v) is 12.7. The molecular formula is C27H27O17+. The van der Waals surface area contributed by atoms with Crippen LogP contribution >= 0.6 is 0 Å². The molecule has 4 rings (SSSR count). The van der Waals surface area contributed by atoms with Crippen molar-refractivity contribution in [2.45, 2.75) is 49.7 Å². The van der Waals surface area contributed by atoms with E-state index in [0.29, 0.717) is 0 Å². The molecule has 1 fully saturated rings. The van der Waals surface area contributed by atoms with Gasteiger partial charge in [-0.05, 0) is 12.1 Å². The summed E-state index contributed by atoms with van der Waals surface area (Å²) in [6, 6.07) is 3.58. The number of fused-ring (bicyclic) bond motifs is 1. The monoisotopic (exact) mass is 623 g/mol. The van der Waals surface area contributed by atoms with Crippen molar-refractivity contribution >= 4 is 29.6 Å². The molecule has 0 aromatic heterocycles. The lowest BCUT2D eigenvalue weighted by atomic mass is 9.96. The van der Waals surface area contributed by atoms with E-state index in [-0.39, 0.29) is 28.4 Å². The number of carboxylic acid groups (broad SMARTS) is 2. The number of benzene rings is 1. The summed E-state index contributed by atoms with van der Waals surface area (Å²) in [7, 11) is 0. The van der Waals surface area contributed by atoms with E-state index in [0.717, 1.165) is 18.2 Å². The Hall–Kier alpha value is -5.26. The van der Waals surface area contributed by atoms with Gasteiger partial charge in [0.25, 0.3) is 0 Å². The third-order valence-corrected chi connectivity index (χ3v) is 6.42. The molecule has 44 heavy (non-hydrogen) atoms.